The third-order valence-corrected chi connectivity index (χ3v) is 6.05. The zero-order valence-electron chi connectivity index (χ0n) is 16.1. The Balaban J connectivity index is 1.55. The predicted octanol–water partition coefficient (Wildman–Crippen LogP) is 4.93. The fourth-order valence-electron chi connectivity index (χ4n) is 4.73. The molecule has 1 fully saturated rings. The van der Waals surface area contributed by atoms with E-state index in [1.54, 1.807) is 7.11 Å². The first-order valence-electron chi connectivity index (χ1n) is 9.98. The summed E-state index contributed by atoms with van der Waals surface area (Å²) < 4.78 is 11.7. The highest BCUT2D eigenvalue weighted by Crippen LogP contribution is 2.45. The zero-order valence-corrected chi connectivity index (χ0v) is 16.1. The fourth-order valence-corrected chi connectivity index (χ4v) is 4.73. The summed E-state index contributed by atoms with van der Waals surface area (Å²) in [5.74, 6) is 0.912. The lowest BCUT2D eigenvalue weighted by Crippen LogP contribution is -2.42. The second kappa shape index (κ2) is 7.42. The summed E-state index contributed by atoms with van der Waals surface area (Å²) in [6.45, 7) is 0.747. The molecule has 2 aliphatic heterocycles. The maximum absolute atomic E-state index is 6.29. The number of benzene rings is 3. The summed E-state index contributed by atoms with van der Waals surface area (Å²) in [6.07, 6.45) is 2.03. The molecule has 0 aromatic heterocycles. The number of methoxy groups -OCH3 is 1. The van der Waals surface area contributed by atoms with E-state index in [0.29, 0.717) is 0 Å². The van der Waals surface area contributed by atoms with E-state index < -0.39 is 0 Å². The number of fused-ring (bicyclic) bond motifs is 2. The van der Waals surface area contributed by atoms with E-state index in [-0.39, 0.29) is 18.3 Å². The van der Waals surface area contributed by atoms with Gasteiger partial charge < -0.3 is 9.47 Å². The van der Waals surface area contributed by atoms with Gasteiger partial charge in [0.2, 0.25) is 0 Å². The number of hydrogen-bond donors (Lipinski definition) is 0. The summed E-state index contributed by atoms with van der Waals surface area (Å²) in [4.78, 5) is 2.59. The van der Waals surface area contributed by atoms with E-state index in [0.717, 1.165) is 25.2 Å². The Morgan fingerprint density at radius 1 is 0.964 bits per heavy atom. The third-order valence-electron chi connectivity index (χ3n) is 6.05. The smallest absolute Gasteiger partial charge is 0.119 e. The molecule has 2 heterocycles. The highest BCUT2D eigenvalue weighted by molar-refractivity contribution is 5.37. The maximum Gasteiger partial charge on any atom is 0.119 e. The quantitative estimate of drug-likeness (QED) is 0.649. The molecule has 0 unspecified atom stereocenters. The molecule has 3 atom stereocenters. The van der Waals surface area contributed by atoms with E-state index >= 15 is 0 Å². The highest BCUT2D eigenvalue weighted by atomic mass is 16.5. The number of rotatable bonds is 4. The summed E-state index contributed by atoms with van der Waals surface area (Å²) in [6, 6.07) is 28.6. The topological polar surface area (TPSA) is 21.7 Å². The molecule has 28 heavy (non-hydrogen) atoms. The molecule has 3 aromatic rings. The first-order valence-corrected chi connectivity index (χ1v) is 9.98. The van der Waals surface area contributed by atoms with Gasteiger partial charge in [-0.25, -0.2) is 0 Å². The molecule has 0 N–H and O–H groups in total. The lowest BCUT2D eigenvalue weighted by Gasteiger charge is -2.41. The Hall–Kier alpha value is -2.62. The van der Waals surface area contributed by atoms with E-state index in [1.165, 1.54) is 22.3 Å². The molecule has 0 saturated carbocycles. The first kappa shape index (κ1) is 17.5. The lowest BCUT2D eigenvalue weighted by atomic mass is 9.86. The average Bonchev–Trinajstić information content (AvgIpc) is 3.18. The van der Waals surface area contributed by atoms with Crippen LogP contribution < -0.4 is 4.74 Å². The monoisotopic (exact) mass is 371 g/mol. The van der Waals surface area contributed by atoms with Crippen LogP contribution in [0.25, 0.3) is 0 Å². The van der Waals surface area contributed by atoms with Crippen LogP contribution in [0, 0.1) is 0 Å². The second-order valence-corrected chi connectivity index (χ2v) is 7.64. The van der Waals surface area contributed by atoms with E-state index in [9.17, 15) is 0 Å². The minimum absolute atomic E-state index is 0.135. The van der Waals surface area contributed by atoms with Gasteiger partial charge in [0.15, 0.2) is 0 Å². The van der Waals surface area contributed by atoms with Crippen LogP contribution >= 0.6 is 0 Å². The minimum Gasteiger partial charge on any atom is -0.497 e. The molecule has 0 aliphatic carbocycles. The molecule has 0 bridgehead atoms. The van der Waals surface area contributed by atoms with E-state index in [2.05, 4.69) is 77.7 Å². The molecule has 142 valence electrons. The van der Waals surface area contributed by atoms with Crippen LogP contribution in [0.2, 0.25) is 0 Å². The Morgan fingerprint density at radius 3 is 2.64 bits per heavy atom. The SMILES string of the molecule is COc1cccc(C[C@H]2c3ccccc3C[C@@H]3OC[C@@H](c4ccccc4)N32)c1. The van der Waals surface area contributed by atoms with Crippen molar-refractivity contribution in [1.82, 2.24) is 4.90 Å². The summed E-state index contributed by atoms with van der Waals surface area (Å²) >= 11 is 0. The largest absolute Gasteiger partial charge is 0.497 e. The van der Waals surface area contributed by atoms with Gasteiger partial charge in [-0.2, -0.15) is 0 Å². The van der Waals surface area contributed by atoms with Gasteiger partial charge in [0, 0.05) is 12.5 Å². The van der Waals surface area contributed by atoms with Crippen LogP contribution in [0.5, 0.6) is 5.75 Å². The first-order chi connectivity index (χ1) is 13.8. The molecular weight excluding hydrogens is 346 g/mol. The molecule has 3 nitrogen and oxygen atoms in total. The lowest BCUT2D eigenvalue weighted by molar-refractivity contribution is -0.00384. The van der Waals surface area contributed by atoms with Gasteiger partial charge in [0.1, 0.15) is 12.0 Å². The van der Waals surface area contributed by atoms with E-state index in [4.69, 9.17) is 9.47 Å². The van der Waals surface area contributed by atoms with Gasteiger partial charge in [-0.05, 0) is 40.8 Å². The van der Waals surface area contributed by atoms with Crippen molar-refractivity contribution in [3.8, 4) is 5.75 Å². The van der Waals surface area contributed by atoms with Crippen LogP contribution in [0.4, 0.5) is 0 Å². The fraction of sp³-hybridized carbons (Fsp3) is 0.280. The molecule has 5 rings (SSSR count). The number of hydrogen-bond acceptors (Lipinski definition) is 3. The minimum atomic E-state index is 0.135. The van der Waals surface area contributed by atoms with Gasteiger partial charge in [0.25, 0.3) is 0 Å². The number of ether oxygens (including phenoxy) is 2. The Labute approximate surface area is 166 Å². The summed E-state index contributed by atoms with van der Waals surface area (Å²) in [5.41, 5.74) is 5.46. The van der Waals surface area contributed by atoms with Gasteiger partial charge in [-0.15, -0.1) is 0 Å². The van der Waals surface area contributed by atoms with Crippen LogP contribution in [0.1, 0.15) is 34.3 Å². The molecule has 3 aromatic carbocycles. The van der Waals surface area contributed by atoms with Crippen molar-refractivity contribution in [3.05, 3.63) is 101 Å². The van der Waals surface area contributed by atoms with Crippen molar-refractivity contribution in [3.63, 3.8) is 0 Å². The molecular formula is C25H25NO2. The third kappa shape index (κ3) is 3.11. The van der Waals surface area contributed by atoms with Gasteiger partial charge in [-0.3, -0.25) is 4.90 Å². The van der Waals surface area contributed by atoms with Crippen LogP contribution in [-0.2, 0) is 17.6 Å². The van der Waals surface area contributed by atoms with E-state index in [1.807, 2.05) is 6.07 Å². The molecule has 1 saturated heterocycles. The predicted molar refractivity (Wildman–Crippen MR) is 110 cm³/mol. The summed E-state index contributed by atoms with van der Waals surface area (Å²) in [7, 11) is 1.73. The second-order valence-electron chi connectivity index (χ2n) is 7.64. The molecule has 0 amide bonds. The van der Waals surface area contributed by atoms with Crippen molar-refractivity contribution >= 4 is 0 Å². The zero-order chi connectivity index (χ0) is 18.9. The summed E-state index contributed by atoms with van der Waals surface area (Å²) in [5, 5.41) is 0. The Bertz CT molecular complexity index is 956. The molecule has 0 radical (unpaired) electrons. The van der Waals surface area contributed by atoms with Crippen molar-refractivity contribution < 1.29 is 9.47 Å². The van der Waals surface area contributed by atoms with Crippen molar-refractivity contribution in [2.75, 3.05) is 13.7 Å². The van der Waals surface area contributed by atoms with Crippen LogP contribution in [-0.4, -0.2) is 24.8 Å². The molecule has 0 spiro atoms. The van der Waals surface area contributed by atoms with Crippen molar-refractivity contribution in [2.45, 2.75) is 31.2 Å². The van der Waals surface area contributed by atoms with Crippen LogP contribution in [0.15, 0.2) is 78.9 Å². The maximum atomic E-state index is 6.29. The molecule has 2 aliphatic rings. The van der Waals surface area contributed by atoms with Gasteiger partial charge in [0.05, 0.1) is 19.8 Å². The normalized spacial score (nSPS) is 23.8. The standard InChI is InChI=1S/C25H25NO2/c1-27-21-12-7-8-18(14-21)15-23-22-13-6-5-11-20(22)16-25-26(23)24(17-28-25)19-9-3-2-4-10-19/h2-14,23-25H,15-17H2,1H3/t23-,24-,25-/m0/s1. The van der Waals surface area contributed by atoms with Crippen LogP contribution in [0.3, 0.4) is 0 Å². The van der Waals surface area contributed by atoms with Crippen molar-refractivity contribution in [1.29, 1.82) is 0 Å². The molecule has 3 heteroatoms. The highest BCUT2D eigenvalue weighted by Gasteiger charge is 2.44. The average molecular weight is 371 g/mol. The van der Waals surface area contributed by atoms with Gasteiger partial charge >= 0.3 is 0 Å². The van der Waals surface area contributed by atoms with Gasteiger partial charge in [-0.1, -0.05) is 66.7 Å². The van der Waals surface area contributed by atoms with Crippen molar-refractivity contribution in [2.24, 2.45) is 0 Å². The Kier molecular flexibility index (Phi) is 4.63. The Morgan fingerprint density at radius 2 is 1.79 bits per heavy atom. The number of nitrogens with zero attached hydrogens (tertiary/aromatic N) is 1.